The molecule has 0 saturated heterocycles. The third kappa shape index (κ3) is 3.10. The minimum atomic E-state index is -0.462. The van der Waals surface area contributed by atoms with Crippen LogP contribution in [0.1, 0.15) is 34.5 Å². The highest BCUT2D eigenvalue weighted by atomic mass is 19.1. The number of benzene rings is 2. The van der Waals surface area contributed by atoms with E-state index in [0.717, 1.165) is 0 Å². The SMILES string of the molecule is Cc1ccc(F)cc1C(=O)N(C)C(C)c1ccccc1F. The second-order valence-electron chi connectivity index (χ2n) is 5.07. The third-order valence-corrected chi connectivity index (χ3v) is 3.69. The van der Waals surface area contributed by atoms with Crippen LogP contribution >= 0.6 is 0 Å². The van der Waals surface area contributed by atoms with Gasteiger partial charge in [-0.3, -0.25) is 4.79 Å². The number of rotatable bonds is 3. The van der Waals surface area contributed by atoms with E-state index >= 15 is 0 Å². The average Bonchev–Trinajstić information content (AvgIpc) is 2.48. The Bertz CT molecular complexity index is 670. The van der Waals surface area contributed by atoms with E-state index in [2.05, 4.69) is 0 Å². The van der Waals surface area contributed by atoms with Crippen LogP contribution in [0.4, 0.5) is 8.78 Å². The molecule has 0 spiro atoms. The summed E-state index contributed by atoms with van der Waals surface area (Å²) in [5.74, 6) is -1.15. The fraction of sp³-hybridized carbons (Fsp3) is 0.235. The van der Waals surface area contributed by atoms with Crippen molar-refractivity contribution in [2.75, 3.05) is 7.05 Å². The molecule has 0 bridgehead atoms. The molecule has 110 valence electrons. The summed E-state index contributed by atoms with van der Waals surface area (Å²) in [7, 11) is 1.59. The summed E-state index contributed by atoms with van der Waals surface area (Å²) in [6, 6.07) is 9.96. The maximum atomic E-state index is 13.8. The van der Waals surface area contributed by atoms with Crippen LogP contribution in [-0.4, -0.2) is 17.9 Å². The molecular formula is C17H17F2NO. The Balaban J connectivity index is 2.31. The molecule has 2 rings (SSSR count). The van der Waals surface area contributed by atoms with Crippen LogP contribution in [-0.2, 0) is 0 Å². The van der Waals surface area contributed by atoms with E-state index in [1.54, 1.807) is 45.2 Å². The number of aryl methyl sites for hydroxylation is 1. The summed E-state index contributed by atoms with van der Waals surface area (Å²) in [6.07, 6.45) is 0. The van der Waals surface area contributed by atoms with Gasteiger partial charge in [0.05, 0.1) is 6.04 Å². The molecule has 0 N–H and O–H groups in total. The van der Waals surface area contributed by atoms with Gasteiger partial charge in [0.1, 0.15) is 11.6 Å². The second kappa shape index (κ2) is 6.04. The standard InChI is InChI=1S/C17H17F2NO/c1-11-8-9-13(18)10-15(11)17(21)20(3)12(2)14-6-4-5-7-16(14)19/h4-10,12H,1-3H3. The van der Waals surface area contributed by atoms with Gasteiger partial charge in [0.25, 0.3) is 5.91 Å². The van der Waals surface area contributed by atoms with E-state index in [-0.39, 0.29) is 11.7 Å². The van der Waals surface area contributed by atoms with Gasteiger partial charge in [-0.05, 0) is 37.6 Å². The van der Waals surface area contributed by atoms with Crippen LogP contribution < -0.4 is 0 Å². The molecule has 0 aliphatic rings. The summed E-state index contributed by atoms with van der Waals surface area (Å²) in [6.45, 7) is 3.49. The zero-order chi connectivity index (χ0) is 15.6. The third-order valence-electron chi connectivity index (χ3n) is 3.69. The molecule has 1 atom stereocenters. The lowest BCUT2D eigenvalue weighted by Crippen LogP contribution is -2.30. The van der Waals surface area contributed by atoms with Crippen LogP contribution in [0.3, 0.4) is 0 Å². The zero-order valence-electron chi connectivity index (χ0n) is 12.2. The van der Waals surface area contributed by atoms with Crippen molar-refractivity contribution < 1.29 is 13.6 Å². The molecule has 2 aromatic carbocycles. The van der Waals surface area contributed by atoms with Gasteiger partial charge in [-0.2, -0.15) is 0 Å². The molecule has 1 unspecified atom stereocenters. The van der Waals surface area contributed by atoms with Crippen LogP contribution in [0.5, 0.6) is 0 Å². The summed E-state index contributed by atoms with van der Waals surface area (Å²) in [5.41, 5.74) is 1.41. The number of halogens is 2. The summed E-state index contributed by atoms with van der Waals surface area (Å²) < 4.78 is 27.1. The van der Waals surface area contributed by atoms with Gasteiger partial charge in [0.15, 0.2) is 0 Å². The van der Waals surface area contributed by atoms with Gasteiger partial charge in [-0.25, -0.2) is 8.78 Å². The maximum Gasteiger partial charge on any atom is 0.254 e. The first-order chi connectivity index (χ1) is 9.91. The largest absolute Gasteiger partial charge is 0.335 e. The molecule has 0 heterocycles. The van der Waals surface area contributed by atoms with Crippen molar-refractivity contribution in [2.24, 2.45) is 0 Å². The van der Waals surface area contributed by atoms with E-state index in [1.807, 2.05) is 0 Å². The highest BCUT2D eigenvalue weighted by molar-refractivity contribution is 5.95. The van der Waals surface area contributed by atoms with Crippen LogP contribution in [0.15, 0.2) is 42.5 Å². The fourth-order valence-corrected chi connectivity index (χ4v) is 2.21. The first kappa shape index (κ1) is 15.2. The molecule has 2 aromatic rings. The predicted molar refractivity (Wildman–Crippen MR) is 78.0 cm³/mol. The lowest BCUT2D eigenvalue weighted by Gasteiger charge is -2.26. The van der Waals surface area contributed by atoms with Crippen molar-refractivity contribution in [1.82, 2.24) is 4.90 Å². The molecule has 0 aliphatic heterocycles. The van der Waals surface area contributed by atoms with Crippen LogP contribution in [0.2, 0.25) is 0 Å². The predicted octanol–water partition coefficient (Wildman–Crippen LogP) is 4.11. The van der Waals surface area contributed by atoms with Crippen molar-refractivity contribution in [2.45, 2.75) is 19.9 Å². The summed E-state index contributed by atoms with van der Waals surface area (Å²) >= 11 is 0. The minimum Gasteiger partial charge on any atom is -0.335 e. The number of hydrogen-bond donors (Lipinski definition) is 0. The van der Waals surface area contributed by atoms with Gasteiger partial charge in [0, 0.05) is 18.2 Å². The van der Waals surface area contributed by atoms with Gasteiger partial charge >= 0.3 is 0 Å². The van der Waals surface area contributed by atoms with Crippen molar-refractivity contribution >= 4 is 5.91 Å². The molecule has 2 nitrogen and oxygen atoms in total. The lowest BCUT2D eigenvalue weighted by molar-refractivity contribution is 0.0739. The highest BCUT2D eigenvalue weighted by Gasteiger charge is 2.22. The Morgan fingerprint density at radius 1 is 1.14 bits per heavy atom. The summed E-state index contributed by atoms with van der Waals surface area (Å²) in [4.78, 5) is 13.9. The molecular weight excluding hydrogens is 272 g/mol. The Labute approximate surface area is 123 Å². The van der Waals surface area contributed by atoms with E-state index in [9.17, 15) is 13.6 Å². The monoisotopic (exact) mass is 289 g/mol. The fourth-order valence-electron chi connectivity index (χ4n) is 2.21. The molecule has 0 radical (unpaired) electrons. The molecule has 0 aromatic heterocycles. The number of carbonyl (C=O) groups excluding carboxylic acids is 1. The highest BCUT2D eigenvalue weighted by Crippen LogP contribution is 2.24. The van der Waals surface area contributed by atoms with Gasteiger partial charge in [-0.1, -0.05) is 24.3 Å². The first-order valence-electron chi connectivity index (χ1n) is 6.69. The lowest BCUT2D eigenvalue weighted by atomic mass is 10.0. The van der Waals surface area contributed by atoms with Crippen molar-refractivity contribution in [3.8, 4) is 0 Å². The van der Waals surface area contributed by atoms with Gasteiger partial charge < -0.3 is 4.90 Å². The van der Waals surface area contributed by atoms with Gasteiger partial charge in [-0.15, -0.1) is 0 Å². The molecule has 0 fully saturated rings. The molecule has 0 saturated carbocycles. The number of nitrogens with zero attached hydrogens (tertiary/aromatic N) is 1. The van der Waals surface area contributed by atoms with Crippen molar-refractivity contribution in [1.29, 1.82) is 0 Å². The van der Waals surface area contributed by atoms with E-state index in [4.69, 9.17) is 0 Å². The summed E-state index contributed by atoms with van der Waals surface area (Å²) in [5, 5.41) is 0. The Morgan fingerprint density at radius 2 is 1.81 bits per heavy atom. The van der Waals surface area contributed by atoms with Crippen molar-refractivity contribution in [3.63, 3.8) is 0 Å². The topological polar surface area (TPSA) is 20.3 Å². The molecule has 4 heteroatoms. The maximum absolute atomic E-state index is 13.8. The minimum absolute atomic E-state index is 0.292. The van der Waals surface area contributed by atoms with Crippen LogP contribution in [0, 0.1) is 18.6 Å². The Morgan fingerprint density at radius 3 is 2.48 bits per heavy atom. The molecule has 0 aliphatic carbocycles. The number of carbonyl (C=O) groups is 1. The van der Waals surface area contributed by atoms with E-state index in [1.165, 1.54) is 23.1 Å². The second-order valence-corrected chi connectivity index (χ2v) is 5.07. The molecule has 1 amide bonds. The van der Waals surface area contributed by atoms with E-state index < -0.39 is 11.9 Å². The van der Waals surface area contributed by atoms with Crippen LogP contribution in [0.25, 0.3) is 0 Å². The van der Waals surface area contributed by atoms with E-state index in [0.29, 0.717) is 16.7 Å². The Kier molecular flexibility index (Phi) is 4.36. The molecule has 21 heavy (non-hydrogen) atoms. The first-order valence-corrected chi connectivity index (χ1v) is 6.69. The quantitative estimate of drug-likeness (QED) is 0.833. The number of amides is 1. The Hall–Kier alpha value is -2.23. The van der Waals surface area contributed by atoms with Gasteiger partial charge in [0.2, 0.25) is 0 Å². The zero-order valence-corrected chi connectivity index (χ0v) is 12.2. The van der Waals surface area contributed by atoms with Crippen molar-refractivity contribution in [3.05, 3.63) is 70.8 Å². The normalized spacial score (nSPS) is 12.0. The average molecular weight is 289 g/mol. The smallest absolute Gasteiger partial charge is 0.254 e. The number of hydrogen-bond acceptors (Lipinski definition) is 1.